The van der Waals surface area contributed by atoms with Crippen molar-refractivity contribution in [2.24, 2.45) is 0 Å². The zero-order chi connectivity index (χ0) is 10.9. The Kier molecular flexibility index (Phi) is 3.52. The number of rotatable bonds is 2. The summed E-state index contributed by atoms with van der Waals surface area (Å²) in [5, 5.41) is -0.922. The molecule has 1 rings (SSSR count). The van der Waals surface area contributed by atoms with Crippen molar-refractivity contribution in [1.82, 2.24) is 4.98 Å². The van der Waals surface area contributed by atoms with Crippen molar-refractivity contribution in [2.45, 2.75) is 12.2 Å². The van der Waals surface area contributed by atoms with Crippen LogP contribution in [0.1, 0.15) is 17.9 Å². The van der Waals surface area contributed by atoms with Crippen LogP contribution in [0.4, 0.5) is 0 Å². The topological polar surface area (TPSA) is 67.3 Å². The molecule has 7 heteroatoms. The van der Waals surface area contributed by atoms with Crippen LogP contribution in [-0.2, 0) is 10.1 Å². The zero-order valence-corrected chi connectivity index (χ0v) is 10.3. The zero-order valence-electron chi connectivity index (χ0n) is 7.11. The molecule has 0 radical (unpaired) electrons. The third-order valence-corrected chi connectivity index (χ3v) is 3.67. The quantitative estimate of drug-likeness (QED) is 0.673. The van der Waals surface area contributed by atoms with E-state index in [4.69, 9.17) is 16.2 Å². The molecule has 0 spiro atoms. The molecule has 0 amide bonds. The number of aromatic nitrogens is 1. The van der Waals surface area contributed by atoms with Gasteiger partial charge in [0.15, 0.2) is 0 Å². The second-order valence-electron chi connectivity index (χ2n) is 2.66. The van der Waals surface area contributed by atoms with E-state index in [-0.39, 0.29) is 10.8 Å². The summed E-state index contributed by atoms with van der Waals surface area (Å²) in [7, 11) is -4.15. The predicted octanol–water partition coefficient (Wildman–Crippen LogP) is 2.45. The van der Waals surface area contributed by atoms with Gasteiger partial charge in [-0.05, 0) is 35.0 Å². The molecule has 0 aliphatic rings. The summed E-state index contributed by atoms with van der Waals surface area (Å²) < 4.78 is 31.0. The summed E-state index contributed by atoms with van der Waals surface area (Å²) in [6.07, 6.45) is 0. The van der Waals surface area contributed by atoms with E-state index in [2.05, 4.69) is 20.9 Å². The molecule has 0 bridgehead atoms. The Morgan fingerprint density at radius 3 is 2.64 bits per heavy atom. The summed E-state index contributed by atoms with van der Waals surface area (Å²) in [6.45, 7) is 1.33. The lowest BCUT2D eigenvalue weighted by Crippen LogP contribution is -2.10. The van der Waals surface area contributed by atoms with Crippen molar-refractivity contribution < 1.29 is 13.0 Å². The first kappa shape index (κ1) is 11.9. The summed E-state index contributed by atoms with van der Waals surface area (Å²) in [6, 6.07) is 3.10. The Balaban J connectivity index is 3.26. The molecular weight excluding hydrogens is 294 g/mol. The van der Waals surface area contributed by atoms with Crippen LogP contribution in [0, 0.1) is 0 Å². The van der Waals surface area contributed by atoms with Crippen LogP contribution in [0.5, 0.6) is 0 Å². The standard InChI is InChI=1S/C7H7BrClNO3S/c1-4(14(11,12)13)7-5(8)2-3-6(9)10-7/h2-4H,1H3,(H,11,12,13). The van der Waals surface area contributed by atoms with Crippen molar-refractivity contribution in [2.75, 3.05) is 0 Å². The maximum atomic E-state index is 10.8. The number of nitrogens with zero attached hydrogens (tertiary/aromatic N) is 1. The summed E-state index contributed by atoms with van der Waals surface area (Å²) >= 11 is 8.73. The largest absolute Gasteiger partial charge is 0.285 e. The molecule has 1 N–H and O–H groups in total. The van der Waals surface area contributed by atoms with E-state index in [1.807, 2.05) is 0 Å². The van der Waals surface area contributed by atoms with Gasteiger partial charge in [-0.1, -0.05) is 11.6 Å². The number of hydrogen-bond acceptors (Lipinski definition) is 3. The second-order valence-corrected chi connectivity index (χ2v) is 5.64. The average molecular weight is 301 g/mol. The summed E-state index contributed by atoms with van der Waals surface area (Å²) in [4.78, 5) is 3.82. The van der Waals surface area contributed by atoms with Crippen LogP contribution in [0.25, 0.3) is 0 Å². The molecule has 78 valence electrons. The molecule has 0 saturated carbocycles. The number of halogens is 2. The van der Waals surface area contributed by atoms with E-state index in [1.165, 1.54) is 13.0 Å². The lowest BCUT2D eigenvalue weighted by atomic mass is 10.3. The van der Waals surface area contributed by atoms with Crippen molar-refractivity contribution in [3.05, 3.63) is 27.5 Å². The maximum Gasteiger partial charge on any atom is 0.273 e. The highest BCUT2D eigenvalue weighted by Gasteiger charge is 2.23. The minimum Gasteiger partial charge on any atom is -0.285 e. The van der Waals surface area contributed by atoms with Crippen molar-refractivity contribution in [3.63, 3.8) is 0 Å². The Labute approximate surface area is 95.2 Å². The molecule has 14 heavy (non-hydrogen) atoms. The Morgan fingerprint density at radius 1 is 1.57 bits per heavy atom. The fourth-order valence-corrected chi connectivity index (χ4v) is 2.19. The summed E-state index contributed by atoms with van der Waals surface area (Å²) in [5.41, 5.74) is 0.194. The minimum atomic E-state index is -4.15. The summed E-state index contributed by atoms with van der Waals surface area (Å²) in [5.74, 6) is 0. The highest BCUT2D eigenvalue weighted by molar-refractivity contribution is 9.10. The van der Waals surface area contributed by atoms with Crippen molar-refractivity contribution in [3.8, 4) is 0 Å². The van der Waals surface area contributed by atoms with Crippen LogP contribution in [0.2, 0.25) is 5.15 Å². The molecule has 1 aromatic heterocycles. The van der Waals surface area contributed by atoms with Crippen molar-refractivity contribution >= 4 is 37.6 Å². The Hall–Kier alpha value is -0.170. The second kappa shape index (κ2) is 4.14. The van der Waals surface area contributed by atoms with Crippen LogP contribution >= 0.6 is 27.5 Å². The first-order valence-electron chi connectivity index (χ1n) is 3.60. The van der Waals surface area contributed by atoms with Gasteiger partial charge in [0.25, 0.3) is 10.1 Å². The molecule has 1 unspecified atom stereocenters. The van der Waals surface area contributed by atoms with Crippen LogP contribution in [0.15, 0.2) is 16.6 Å². The molecule has 1 heterocycles. The van der Waals surface area contributed by atoms with Gasteiger partial charge in [0.05, 0.1) is 5.69 Å². The highest BCUT2D eigenvalue weighted by Crippen LogP contribution is 2.27. The smallest absolute Gasteiger partial charge is 0.273 e. The monoisotopic (exact) mass is 299 g/mol. The normalized spacial score (nSPS) is 14.0. The first-order valence-corrected chi connectivity index (χ1v) is 6.28. The molecule has 1 aromatic rings. The molecule has 0 fully saturated rings. The molecule has 0 aliphatic heterocycles. The molecule has 1 atom stereocenters. The third kappa shape index (κ3) is 2.66. The minimum absolute atomic E-state index is 0.179. The van der Waals surface area contributed by atoms with Gasteiger partial charge in [-0.15, -0.1) is 0 Å². The lowest BCUT2D eigenvalue weighted by Gasteiger charge is -2.09. The maximum absolute atomic E-state index is 10.8. The highest BCUT2D eigenvalue weighted by atomic mass is 79.9. The first-order chi connectivity index (χ1) is 6.32. The molecular formula is C7H7BrClNO3S. The van der Waals surface area contributed by atoms with Gasteiger partial charge >= 0.3 is 0 Å². The van der Waals surface area contributed by atoms with E-state index in [9.17, 15) is 8.42 Å². The average Bonchev–Trinajstić information content (AvgIpc) is 2.06. The fraction of sp³-hybridized carbons (Fsp3) is 0.286. The van der Waals surface area contributed by atoms with Crippen LogP contribution < -0.4 is 0 Å². The van der Waals surface area contributed by atoms with Crippen molar-refractivity contribution in [1.29, 1.82) is 0 Å². The Morgan fingerprint density at radius 2 is 2.14 bits per heavy atom. The van der Waals surface area contributed by atoms with E-state index in [0.29, 0.717) is 4.47 Å². The third-order valence-electron chi connectivity index (χ3n) is 1.67. The van der Waals surface area contributed by atoms with Crippen LogP contribution in [-0.4, -0.2) is 18.0 Å². The van der Waals surface area contributed by atoms with Crippen LogP contribution in [0.3, 0.4) is 0 Å². The number of pyridine rings is 1. The van der Waals surface area contributed by atoms with Gasteiger partial charge in [-0.25, -0.2) is 4.98 Å². The van der Waals surface area contributed by atoms with Gasteiger partial charge < -0.3 is 0 Å². The van der Waals surface area contributed by atoms with Gasteiger partial charge in [0.2, 0.25) is 0 Å². The van der Waals surface area contributed by atoms with E-state index in [1.54, 1.807) is 6.07 Å². The number of hydrogen-bond donors (Lipinski definition) is 1. The van der Waals surface area contributed by atoms with Gasteiger partial charge in [0, 0.05) is 4.47 Å². The molecule has 4 nitrogen and oxygen atoms in total. The van der Waals surface area contributed by atoms with E-state index in [0.717, 1.165) is 0 Å². The van der Waals surface area contributed by atoms with E-state index < -0.39 is 15.4 Å². The van der Waals surface area contributed by atoms with Gasteiger partial charge in [-0.3, -0.25) is 4.55 Å². The van der Waals surface area contributed by atoms with E-state index >= 15 is 0 Å². The SMILES string of the molecule is CC(c1nc(Cl)ccc1Br)S(=O)(=O)O. The molecule has 0 aromatic carbocycles. The lowest BCUT2D eigenvalue weighted by molar-refractivity contribution is 0.471. The van der Waals surface area contributed by atoms with Gasteiger partial charge in [0.1, 0.15) is 10.4 Å². The molecule has 0 aliphatic carbocycles. The predicted molar refractivity (Wildman–Crippen MR) is 56.9 cm³/mol. The fourth-order valence-electron chi connectivity index (χ4n) is 0.859. The molecule has 0 saturated heterocycles. The van der Waals surface area contributed by atoms with Gasteiger partial charge in [-0.2, -0.15) is 8.42 Å². The Bertz CT molecular complexity index is 448.